The van der Waals surface area contributed by atoms with Crippen molar-refractivity contribution in [1.82, 2.24) is 5.16 Å². The second-order valence-corrected chi connectivity index (χ2v) is 5.66. The maximum atomic E-state index is 13.3. The van der Waals surface area contributed by atoms with Gasteiger partial charge in [0.05, 0.1) is 5.56 Å². The SMILES string of the molecule is Cc1cc(F)ccc1-c1onc(N)c1-c1cccc(Br)c1. The van der Waals surface area contributed by atoms with Crippen LogP contribution in [-0.2, 0) is 0 Å². The van der Waals surface area contributed by atoms with Crippen LogP contribution in [0.4, 0.5) is 10.2 Å². The fourth-order valence-electron chi connectivity index (χ4n) is 2.29. The van der Waals surface area contributed by atoms with E-state index in [0.717, 1.165) is 21.2 Å². The van der Waals surface area contributed by atoms with Crippen LogP contribution >= 0.6 is 15.9 Å². The van der Waals surface area contributed by atoms with E-state index in [2.05, 4.69) is 21.1 Å². The first-order valence-corrected chi connectivity index (χ1v) is 7.13. The summed E-state index contributed by atoms with van der Waals surface area (Å²) >= 11 is 3.44. The van der Waals surface area contributed by atoms with Gasteiger partial charge >= 0.3 is 0 Å². The molecule has 0 saturated heterocycles. The third-order valence-corrected chi connectivity index (χ3v) is 3.76. The molecule has 0 amide bonds. The molecule has 0 saturated carbocycles. The van der Waals surface area contributed by atoms with Gasteiger partial charge in [0, 0.05) is 10.0 Å². The molecular weight excluding hydrogens is 335 g/mol. The zero-order chi connectivity index (χ0) is 15.0. The summed E-state index contributed by atoms with van der Waals surface area (Å²) < 4.78 is 19.6. The van der Waals surface area contributed by atoms with Gasteiger partial charge in [0.15, 0.2) is 11.6 Å². The molecule has 0 unspecified atom stereocenters. The van der Waals surface area contributed by atoms with E-state index >= 15 is 0 Å². The van der Waals surface area contributed by atoms with Crippen molar-refractivity contribution in [2.45, 2.75) is 6.92 Å². The van der Waals surface area contributed by atoms with Crippen molar-refractivity contribution in [3.05, 3.63) is 58.3 Å². The Morgan fingerprint density at radius 3 is 2.71 bits per heavy atom. The number of hydrogen-bond donors (Lipinski definition) is 1. The first-order valence-electron chi connectivity index (χ1n) is 6.34. The van der Waals surface area contributed by atoms with Crippen molar-refractivity contribution < 1.29 is 8.91 Å². The van der Waals surface area contributed by atoms with E-state index in [9.17, 15) is 4.39 Å². The predicted molar refractivity (Wildman–Crippen MR) is 84.2 cm³/mol. The highest BCUT2D eigenvalue weighted by atomic mass is 79.9. The Hall–Kier alpha value is -2.14. The fraction of sp³-hybridized carbons (Fsp3) is 0.0625. The first-order chi connectivity index (χ1) is 10.1. The summed E-state index contributed by atoms with van der Waals surface area (Å²) in [6.07, 6.45) is 0. The van der Waals surface area contributed by atoms with Crippen molar-refractivity contribution in [3.8, 4) is 22.5 Å². The standard InChI is InChI=1S/C16H12BrFN2O/c1-9-7-12(18)5-6-13(9)15-14(16(19)20-21-15)10-3-2-4-11(17)8-10/h2-8H,1H3,(H2,19,20). The molecule has 0 aliphatic carbocycles. The molecule has 2 aromatic carbocycles. The van der Waals surface area contributed by atoms with Crippen LogP contribution in [0, 0.1) is 12.7 Å². The van der Waals surface area contributed by atoms with Gasteiger partial charge in [-0.25, -0.2) is 4.39 Å². The molecule has 3 aromatic rings. The largest absolute Gasteiger partial charge is 0.380 e. The van der Waals surface area contributed by atoms with Gasteiger partial charge in [-0.15, -0.1) is 0 Å². The lowest BCUT2D eigenvalue weighted by molar-refractivity contribution is 0.436. The molecule has 0 radical (unpaired) electrons. The molecule has 5 heteroatoms. The molecule has 1 aromatic heterocycles. The Morgan fingerprint density at radius 2 is 2.00 bits per heavy atom. The molecule has 0 aliphatic rings. The number of benzene rings is 2. The summed E-state index contributed by atoms with van der Waals surface area (Å²) in [6.45, 7) is 1.82. The summed E-state index contributed by atoms with van der Waals surface area (Å²) in [4.78, 5) is 0. The molecule has 0 fully saturated rings. The minimum absolute atomic E-state index is 0.284. The Kier molecular flexibility index (Phi) is 3.51. The topological polar surface area (TPSA) is 52.0 Å². The van der Waals surface area contributed by atoms with Crippen LogP contribution in [0.1, 0.15) is 5.56 Å². The van der Waals surface area contributed by atoms with Gasteiger partial charge in [0.2, 0.25) is 0 Å². The average molecular weight is 347 g/mol. The number of nitrogens with zero attached hydrogens (tertiary/aromatic N) is 1. The van der Waals surface area contributed by atoms with Gasteiger partial charge in [-0.3, -0.25) is 0 Å². The Balaban J connectivity index is 2.22. The highest BCUT2D eigenvalue weighted by Gasteiger charge is 2.19. The van der Waals surface area contributed by atoms with E-state index in [0.29, 0.717) is 17.1 Å². The number of anilines is 1. The van der Waals surface area contributed by atoms with Crippen LogP contribution < -0.4 is 5.73 Å². The van der Waals surface area contributed by atoms with Crippen LogP contribution in [0.3, 0.4) is 0 Å². The maximum absolute atomic E-state index is 13.3. The molecule has 1 heterocycles. The zero-order valence-corrected chi connectivity index (χ0v) is 12.8. The summed E-state index contributed by atoms with van der Waals surface area (Å²) in [7, 11) is 0. The number of nitrogens with two attached hydrogens (primary N) is 1. The van der Waals surface area contributed by atoms with Crippen LogP contribution in [0.25, 0.3) is 22.5 Å². The summed E-state index contributed by atoms with van der Waals surface area (Å²) in [5.74, 6) is 0.572. The lowest BCUT2D eigenvalue weighted by Crippen LogP contribution is -1.90. The number of aryl methyl sites for hydroxylation is 1. The third kappa shape index (κ3) is 2.56. The third-order valence-electron chi connectivity index (χ3n) is 3.26. The van der Waals surface area contributed by atoms with E-state index in [1.807, 2.05) is 31.2 Å². The van der Waals surface area contributed by atoms with Gasteiger partial charge in [0.25, 0.3) is 0 Å². The van der Waals surface area contributed by atoms with Gasteiger partial charge in [-0.1, -0.05) is 33.2 Å². The number of rotatable bonds is 2. The van der Waals surface area contributed by atoms with Gasteiger partial charge in [0.1, 0.15) is 5.82 Å². The lowest BCUT2D eigenvalue weighted by atomic mass is 9.98. The maximum Gasteiger partial charge on any atom is 0.177 e. The predicted octanol–water partition coefficient (Wildman–Crippen LogP) is 4.80. The summed E-state index contributed by atoms with van der Waals surface area (Å²) in [5.41, 5.74) is 9.09. The summed E-state index contributed by atoms with van der Waals surface area (Å²) in [6, 6.07) is 12.2. The second kappa shape index (κ2) is 5.33. The second-order valence-electron chi connectivity index (χ2n) is 4.74. The van der Waals surface area contributed by atoms with Crippen LogP contribution in [0.2, 0.25) is 0 Å². The summed E-state index contributed by atoms with van der Waals surface area (Å²) in [5, 5.41) is 3.86. The molecule has 3 nitrogen and oxygen atoms in total. The Labute approximate surface area is 129 Å². The number of nitrogen functional groups attached to an aromatic ring is 1. The number of halogens is 2. The molecule has 0 aliphatic heterocycles. The highest BCUT2D eigenvalue weighted by molar-refractivity contribution is 9.10. The Bertz CT molecular complexity index is 814. The van der Waals surface area contributed by atoms with Gasteiger partial charge in [-0.05, 0) is 48.4 Å². The van der Waals surface area contributed by atoms with Gasteiger partial charge < -0.3 is 10.3 Å². The van der Waals surface area contributed by atoms with Crippen LogP contribution in [0.5, 0.6) is 0 Å². The smallest absolute Gasteiger partial charge is 0.177 e. The molecule has 106 valence electrons. The van der Waals surface area contributed by atoms with Crippen molar-refractivity contribution in [2.75, 3.05) is 5.73 Å². The lowest BCUT2D eigenvalue weighted by Gasteiger charge is -2.06. The normalized spacial score (nSPS) is 10.8. The Morgan fingerprint density at radius 1 is 1.19 bits per heavy atom. The highest BCUT2D eigenvalue weighted by Crippen LogP contribution is 2.38. The zero-order valence-electron chi connectivity index (χ0n) is 11.2. The van der Waals surface area contributed by atoms with Crippen molar-refractivity contribution in [3.63, 3.8) is 0 Å². The number of hydrogen-bond acceptors (Lipinski definition) is 3. The van der Waals surface area contributed by atoms with Crippen molar-refractivity contribution in [2.24, 2.45) is 0 Å². The number of aromatic nitrogens is 1. The minimum atomic E-state index is -0.284. The quantitative estimate of drug-likeness (QED) is 0.724. The molecule has 2 N–H and O–H groups in total. The molecule has 21 heavy (non-hydrogen) atoms. The molecule has 3 rings (SSSR count). The molecule has 0 atom stereocenters. The van der Waals surface area contributed by atoms with Crippen molar-refractivity contribution >= 4 is 21.7 Å². The molecule has 0 bridgehead atoms. The fourth-order valence-corrected chi connectivity index (χ4v) is 2.69. The average Bonchev–Trinajstić information content (AvgIpc) is 2.80. The first kappa shape index (κ1) is 13.8. The van der Waals surface area contributed by atoms with E-state index < -0.39 is 0 Å². The van der Waals surface area contributed by atoms with E-state index in [1.165, 1.54) is 12.1 Å². The van der Waals surface area contributed by atoms with Crippen molar-refractivity contribution in [1.29, 1.82) is 0 Å². The van der Waals surface area contributed by atoms with Crippen LogP contribution in [0.15, 0.2) is 51.5 Å². The van der Waals surface area contributed by atoms with E-state index in [1.54, 1.807) is 6.07 Å². The molecule has 0 spiro atoms. The monoisotopic (exact) mass is 346 g/mol. The molecular formula is C16H12BrFN2O. The van der Waals surface area contributed by atoms with Crippen LogP contribution in [-0.4, -0.2) is 5.16 Å². The minimum Gasteiger partial charge on any atom is -0.380 e. The van der Waals surface area contributed by atoms with Gasteiger partial charge in [-0.2, -0.15) is 0 Å². The van der Waals surface area contributed by atoms with E-state index in [4.69, 9.17) is 10.3 Å². The van der Waals surface area contributed by atoms with E-state index in [-0.39, 0.29) is 5.82 Å².